The van der Waals surface area contributed by atoms with Gasteiger partial charge in [0.25, 0.3) is 0 Å². The van der Waals surface area contributed by atoms with Crippen molar-refractivity contribution >= 4 is 5.78 Å². The van der Waals surface area contributed by atoms with Crippen LogP contribution in [-0.4, -0.2) is 5.78 Å². The van der Waals surface area contributed by atoms with Gasteiger partial charge in [0.2, 0.25) is 0 Å². The molecule has 1 heteroatoms. The Balaban J connectivity index is 3.33. The molecule has 0 amide bonds. The van der Waals surface area contributed by atoms with E-state index in [2.05, 4.69) is 19.9 Å². The highest BCUT2D eigenvalue weighted by Gasteiger charge is 1.91. The number of rotatable bonds is 5. The minimum atomic E-state index is 0.299. The van der Waals surface area contributed by atoms with Crippen LogP contribution in [0.25, 0.3) is 0 Å². The van der Waals surface area contributed by atoms with Crippen molar-refractivity contribution in [2.45, 2.75) is 46.5 Å². The van der Waals surface area contributed by atoms with Gasteiger partial charge in [0.1, 0.15) is 5.78 Å². The highest BCUT2D eigenvalue weighted by molar-refractivity contribution is 5.75. The van der Waals surface area contributed by atoms with Crippen molar-refractivity contribution in [2.24, 2.45) is 0 Å². The Morgan fingerprint density at radius 3 is 2.45 bits per heavy atom. The SMILES string of the molecule is CC/C(C)=C/CCCC(C)=O. The van der Waals surface area contributed by atoms with E-state index in [0.29, 0.717) is 5.78 Å². The Hall–Kier alpha value is -0.590. The summed E-state index contributed by atoms with van der Waals surface area (Å²) in [5.74, 6) is 0.299. The lowest BCUT2D eigenvalue weighted by molar-refractivity contribution is -0.117. The zero-order chi connectivity index (χ0) is 8.69. The van der Waals surface area contributed by atoms with Gasteiger partial charge in [-0.05, 0) is 33.1 Å². The predicted molar refractivity (Wildman–Crippen MR) is 48.6 cm³/mol. The second-order valence-electron chi connectivity index (χ2n) is 3.00. The van der Waals surface area contributed by atoms with Gasteiger partial charge in [0.05, 0.1) is 0 Å². The summed E-state index contributed by atoms with van der Waals surface area (Å²) in [6.45, 7) is 5.93. The molecule has 0 aliphatic rings. The Morgan fingerprint density at radius 2 is 2.00 bits per heavy atom. The molecule has 0 aliphatic carbocycles. The molecule has 0 aromatic rings. The molecule has 0 aromatic heterocycles. The Bertz CT molecular complexity index is 145. The van der Waals surface area contributed by atoms with E-state index in [1.54, 1.807) is 6.92 Å². The van der Waals surface area contributed by atoms with Crippen LogP contribution in [0.1, 0.15) is 46.5 Å². The molecule has 0 heterocycles. The number of carbonyl (C=O) groups is 1. The zero-order valence-corrected chi connectivity index (χ0v) is 7.81. The highest BCUT2D eigenvalue weighted by Crippen LogP contribution is 2.03. The van der Waals surface area contributed by atoms with Gasteiger partial charge in [-0.1, -0.05) is 18.6 Å². The molecule has 0 saturated carbocycles. The third-order valence-corrected chi connectivity index (χ3v) is 1.78. The average Bonchev–Trinajstić information content (AvgIpc) is 1.97. The summed E-state index contributed by atoms with van der Waals surface area (Å²) in [7, 11) is 0. The van der Waals surface area contributed by atoms with Crippen LogP contribution in [0.15, 0.2) is 11.6 Å². The van der Waals surface area contributed by atoms with Gasteiger partial charge in [-0.25, -0.2) is 0 Å². The first-order valence-electron chi connectivity index (χ1n) is 4.32. The van der Waals surface area contributed by atoms with Crippen molar-refractivity contribution in [2.75, 3.05) is 0 Å². The van der Waals surface area contributed by atoms with Crippen LogP contribution < -0.4 is 0 Å². The first-order chi connectivity index (χ1) is 5.16. The molecule has 0 radical (unpaired) electrons. The lowest BCUT2D eigenvalue weighted by Crippen LogP contribution is -1.87. The molecule has 0 bridgehead atoms. The standard InChI is InChI=1S/C10H18O/c1-4-9(2)7-5-6-8-10(3)11/h7H,4-6,8H2,1-3H3/b9-7+. The van der Waals surface area contributed by atoms with Crippen LogP contribution in [0.4, 0.5) is 0 Å². The van der Waals surface area contributed by atoms with E-state index >= 15 is 0 Å². The van der Waals surface area contributed by atoms with E-state index in [0.717, 1.165) is 25.7 Å². The van der Waals surface area contributed by atoms with E-state index in [9.17, 15) is 4.79 Å². The molecule has 0 saturated heterocycles. The lowest BCUT2D eigenvalue weighted by atomic mass is 10.1. The largest absolute Gasteiger partial charge is 0.300 e. The number of unbranched alkanes of at least 4 members (excludes halogenated alkanes) is 1. The van der Waals surface area contributed by atoms with Crippen LogP contribution in [0, 0.1) is 0 Å². The van der Waals surface area contributed by atoms with Crippen LogP contribution in [0.2, 0.25) is 0 Å². The van der Waals surface area contributed by atoms with E-state index in [4.69, 9.17) is 0 Å². The van der Waals surface area contributed by atoms with Crippen LogP contribution in [0.3, 0.4) is 0 Å². The van der Waals surface area contributed by atoms with Crippen molar-refractivity contribution < 1.29 is 4.79 Å². The fraction of sp³-hybridized carbons (Fsp3) is 0.700. The maximum atomic E-state index is 10.5. The fourth-order valence-corrected chi connectivity index (χ4v) is 0.844. The van der Waals surface area contributed by atoms with Gasteiger partial charge in [0, 0.05) is 6.42 Å². The predicted octanol–water partition coefficient (Wildman–Crippen LogP) is 3.10. The maximum absolute atomic E-state index is 10.5. The maximum Gasteiger partial charge on any atom is 0.129 e. The van der Waals surface area contributed by atoms with Gasteiger partial charge in [0.15, 0.2) is 0 Å². The first-order valence-corrected chi connectivity index (χ1v) is 4.32. The number of Topliss-reactive ketones (excluding diaryl/α,β-unsaturated/α-hetero) is 1. The minimum absolute atomic E-state index is 0.299. The summed E-state index contributed by atoms with van der Waals surface area (Å²) in [5, 5.41) is 0. The number of allylic oxidation sites excluding steroid dienone is 2. The molecule has 1 nitrogen and oxygen atoms in total. The van der Waals surface area contributed by atoms with E-state index in [1.807, 2.05) is 0 Å². The molecule has 0 aliphatic heterocycles. The smallest absolute Gasteiger partial charge is 0.129 e. The number of hydrogen-bond acceptors (Lipinski definition) is 1. The molecule has 0 aromatic carbocycles. The van der Waals surface area contributed by atoms with E-state index in [-0.39, 0.29) is 0 Å². The highest BCUT2D eigenvalue weighted by atomic mass is 16.1. The Labute approximate surface area is 69.5 Å². The summed E-state index contributed by atoms with van der Waals surface area (Å²) < 4.78 is 0. The minimum Gasteiger partial charge on any atom is -0.300 e. The van der Waals surface area contributed by atoms with E-state index in [1.165, 1.54) is 5.57 Å². The van der Waals surface area contributed by atoms with Gasteiger partial charge >= 0.3 is 0 Å². The van der Waals surface area contributed by atoms with Crippen molar-refractivity contribution in [3.8, 4) is 0 Å². The van der Waals surface area contributed by atoms with Crippen molar-refractivity contribution in [1.29, 1.82) is 0 Å². The van der Waals surface area contributed by atoms with Gasteiger partial charge in [-0.2, -0.15) is 0 Å². The molecule has 64 valence electrons. The van der Waals surface area contributed by atoms with Gasteiger partial charge in [-0.15, -0.1) is 0 Å². The monoisotopic (exact) mass is 154 g/mol. The normalized spacial score (nSPS) is 11.7. The summed E-state index contributed by atoms with van der Waals surface area (Å²) in [6, 6.07) is 0. The van der Waals surface area contributed by atoms with Crippen LogP contribution >= 0.6 is 0 Å². The Kier molecular flexibility index (Phi) is 5.81. The van der Waals surface area contributed by atoms with Gasteiger partial charge < -0.3 is 4.79 Å². The number of ketones is 1. The molecule has 0 N–H and O–H groups in total. The average molecular weight is 154 g/mol. The first kappa shape index (κ1) is 10.4. The van der Waals surface area contributed by atoms with Crippen molar-refractivity contribution in [3.05, 3.63) is 11.6 Å². The Morgan fingerprint density at radius 1 is 1.36 bits per heavy atom. The molecule has 0 fully saturated rings. The molecule has 0 unspecified atom stereocenters. The van der Waals surface area contributed by atoms with Crippen LogP contribution in [0.5, 0.6) is 0 Å². The fourth-order valence-electron chi connectivity index (χ4n) is 0.844. The third kappa shape index (κ3) is 7.31. The molecular weight excluding hydrogens is 136 g/mol. The molecule has 0 atom stereocenters. The van der Waals surface area contributed by atoms with Crippen molar-refractivity contribution in [1.82, 2.24) is 0 Å². The van der Waals surface area contributed by atoms with E-state index < -0.39 is 0 Å². The molecule has 0 spiro atoms. The quantitative estimate of drug-likeness (QED) is 0.439. The lowest BCUT2D eigenvalue weighted by Gasteiger charge is -1.95. The summed E-state index contributed by atoms with van der Waals surface area (Å²) in [6.07, 6.45) is 6.14. The van der Waals surface area contributed by atoms with Crippen LogP contribution in [-0.2, 0) is 4.79 Å². The molecular formula is C10H18O. The number of hydrogen-bond donors (Lipinski definition) is 0. The molecule has 11 heavy (non-hydrogen) atoms. The summed E-state index contributed by atoms with van der Waals surface area (Å²) >= 11 is 0. The van der Waals surface area contributed by atoms with Crippen molar-refractivity contribution in [3.63, 3.8) is 0 Å². The number of carbonyl (C=O) groups excluding carboxylic acids is 1. The molecule has 0 rings (SSSR count). The second-order valence-corrected chi connectivity index (χ2v) is 3.00. The van der Waals surface area contributed by atoms with Gasteiger partial charge in [-0.3, -0.25) is 0 Å². The summed E-state index contributed by atoms with van der Waals surface area (Å²) in [5.41, 5.74) is 1.42. The third-order valence-electron chi connectivity index (χ3n) is 1.78. The topological polar surface area (TPSA) is 17.1 Å². The zero-order valence-electron chi connectivity index (χ0n) is 7.81. The second kappa shape index (κ2) is 6.14. The summed E-state index contributed by atoms with van der Waals surface area (Å²) in [4.78, 5) is 10.5.